The predicted octanol–water partition coefficient (Wildman–Crippen LogP) is 2.69. The number of carboxylic acid groups (broad SMARTS) is 1. The Bertz CT molecular complexity index is 577. The fraction of sp³-hybridized carbons (Fsp3) is 0.529. The fourth-order valence-corrected chi connectivity index (χ4v) is 2.97. The van der Waals surface area contributed by atoms with Crippen LogP contribution in [-0.2, 0) is 9.59 Å². The molecule has 0 bridgehead atoms. The topological polar surface area (TPSA) is 66.8 Å². The molecule has 1 aliphatic rings. The third kappa shape index (κ3) is 3.81. The highest BCUT2D eigenvalue weighted by atomic mass is 19.1. The molecule has 1 heterocycles. The maximum absolute atomic E-state index is 13.7. The lowest BCUT2D eigenvalue weighted by molar-refractivity contribution is -0.152. The van der Waals surface area contributed by atoms with Gasteiger partial charge in [-0.2, -0.15) is 0 Å². The zero-order valence-electron chi connectivity index (χ0n) is 13.4. The number of hydrogen-bond acceptors (Lipinski definition) is 3. The SMILES string of the molecule is CCC(Oc1ccccc1F)C(=O)N1CCC[C@H](C(=O)O)[C@@H]1C. The van der Waals surface area contributed by atoms with Gasteiger partial charge in [-0.1, -0.05) is 19.1 Å². The first kappa shape index (κ1) is 17.2. The molecule has 0 saturated carbocycles. The van der Waals surface area contributed by atoms with Crippen molar-refractivity contribution in [1.82, 2.24) is 4.90 Å². The molecule has 6 heteroatoms. The number of aliphatic carboxylic acids is 1. The summed E-state index contributed by atoms with van der Waals surface area (Å²) in [5.74, 6) is -2.23. The van der Waals surface area contributed by atoms with Gasteiger partial charge in [0.25, 0.3) is 5.91 Å². The van der Waals surface area contributed by atoms with E-state index in [0.717, 1.165) is 0 Å². The van der Waals surface area contributed by atoms with Gasteiger partial charge in [0, 0.05) is 12.6 Å². The highest BCUT2D eigenvalue weighted by molar-refractivity contribution is 5.82. The molecule has 1 saturated heterocycles. The minimum absolute atomic E-state index is 0.0344. The van der Waals surface area contributed by atoms with Gasteiger partial charge in [0.15, 0.2) is 17.7 Å². The van der Waals surface area contributed by atoms with Crippen LogP contribution in [0.15, 0.2) is 24.3 Å². The zero-order valence-corrected chi connectivity index (χ0v) is 13.4. The molecule has 1 unspecified atom stereocenters. The van der Waals surface area contributed by atoms with Crippen LogP contribution in [0.5, 0.6) is 5.75 Å². The first-order valence-electron chi connectivity index (χ1n) is 7.90. The minimum atomic E-state index is -0.891. The van der Waals surface area contributed by atoms with Crippen molar-refractivity contribution in [2.75, 3.05) is 6.54 Å². The molecular formula is C17H22FNO4. The van der Waals surface area contributed by atoms with Crippen molar-refractivity contribution >= 4 is 11.9 Å². The second-order valence-electron chi connectivity index (χ2n) is 5.80. The zero-order chi connectivity index (χ0) is 17.0. The Balaban J connectivity index is 2.13. The van der Waals surface area contributed by atoms with Crippen LogP contribution in [0.25, 0.3) is 0 Å². The molecule has 1 N–H and O–H groups in total. The Labute approximate surface area is 135 Å². The lowest BCUT2D eigenvalue weighted by atomic mass is 9.90. The molecule has 0 spiro atoms. The second-order valence-corrected chi connectivity index (χ2v) is 5.80. The smallest absolute Gasteiger partial charge is 0.308 e. The molecule has 23 heavy (non-hydrogen) atoms. The van der Waals surface area contributed by atoms with E-state index in [1.807, 2.05) is 0 Å². The number of hydrogen-bond donors (Lipinski definition) is 1. The summed E-state index contributed by atoms with van der Waals surface area (Å²) < 4.78 is 19.2. The number of halogens is 1. The number of ether oxygens (including phenoxy) is 1. The number of amides is 1. The molecule has 1 aromatic rings. The van der Waals surface area contributed by atoms with Crippen molar-refractivity contribution in [2.45, 2.75) is 45.3 Å². The first-order valence-corrected chi connectivity index (χ1v) is 7.90. The van der Waals surface area contributed by atoms with Gasteiger partial charge in [0.1, 0.15) is 0 Å². The van der Waals surface area contributed by atoms with E-state index in [4.69, 9.17) is 4.74 Å². The van der Waals surface area contributed by atoms with Crippen molar-refractivity contribution in [2.24, 2.45) is 5.92 Å². The largest absolute Gasteiger partial charge is 0.481 e. The Morgan fingerprint density at radius 3 is 2.74 bits per heavy atom. The van der Waals surface area contributed by atoms with Crippen molar-refractivity contribution < 1.29 is 23.8 Å². The highest BCUT2D eigenvalue weighted by Crippen LogP contribution is 2.26. The van der Waals surface area contributed by atoms with Crippen LogP contribution >= 0.6 is 0 Å². The maximum Gasteiger partial charge on any atom is 0.308 e. The molecule has 1 aliphatic heterocycles. The average molecular weight is 323 g/mol. The second kappa shape index (κ2) is 7.44. The highest BCUT2D eigenvalue weighted by Gasteiger charge is 2.38. The third-order valence-electron chi connectivity index (χ3n) is 4.34. The van der Waals surface area contributed by atoms with Crippen LogP contribution in [-0.4, -0.2) is 40.6 Å². The van der Waals surface area contributed by atoms with Crippen LogP contribution in [0, 0.1) is 11.7 Å². The summed E-state index contributed by atoms with van der Waals surface area (Å²) in [6.45, 7) is 4.03. The molecule has 5 nitrogen and oxygen atoms in total. The van der Waals surface area contributed by atoms with Gasteiger partial charge in [-0.25, -0.2) is 4.39 Å². The first-order chi connectivity index (χ1) is 11.0. The maximum atomic E-state index is 13.7. The normalized spacial score (nSPS) is 22.5. The van der Waals surface area contributed by atoms with Crippen LogP contribution in [0.2, 0.25) is 0 Å². The number of likely N-dealkylation sites (tertiary alicyclic amines) is 1. The summed E-state index contributed by atoms with van der Waals surface area (Å²) in [5.41, 5.74) is 0. The van der Waals surface area contributed by atoms with Crippen molar-refractivity contribution in [3.8, 4) is 5.75 Å². The van der Waals surface area contributed by atoms with Crippen molar-refractivity contribution in [3.05, 3.63) is 30.1 Å². The van der Waals surface area contributed by atoms with Gasteiger partial charge in [0.05, 0.1) is 5.92 Å². The average Bonchev–Trinajstić information content (AvgIpc) is 2.53. The summed E-state index contributed by atoms with van der Waals surface area (Å²) >= 11 is 0. The lowest BCUT2D eigenvalue weighted by Crippen LogP contribution is -2.53. The predicted molar refractivity (Wildman–Crippen MR) is 82.6 cm³/mol. The van der Waals surface area contributed by atoms with Gasteiger partial charge in [0.2, 0.25) is 0 Å². The van der Waals surface area contributed by atoms with E-state index >= 15 is 0 Å². The van der Waals surface area contributed by atoms with E-state index in [9.17, 15) is 19.1 Å². The minimum Gasteiger partial charge on any atom is -0.481 e. The van der Waals surface area contributed by atoms with E-state index in [1.165, 1.54) is 12.1 Å². The molecule has 0 aliphatic carbocycles. The van der Waals surface area contributed by atoms with Gasteiger partial charge in [-0.15, -0.1) is 0 Å². The molecule has 0 aromatic heterocycles. The Morgan fingerprint density at radius 2 is 2.13 bits per heavy atom. The van der Waals surface area contributed by atoms with Crippen molar-refractivity contribution in [3.63, 3.8) is 0 Å². The van der Waals surface area contributed by atoms with Gasteiger partial charge < -0.3 is 14.7 Å². The number of para-hydroxylation sites is 1. The Hall–Kier alpha value is -2.11. The Morgan fingerprint density at radius 1 is 1.43 bits per heavy atom. The number of piperidine rings is 1. The van der Waals surface area contributed by atoms with Crippen LogP contribution in [0.3, 0.4) is 0 Å². The summed E-state index contributed by atoms with van der Waals surface area (Å²) in [4.78, 5) is 25.6. The van der Waals surface area contributed by atoms with E-state index in [2.05, 4.69) is 0 Å². The van der Waals surface area contributed by atoms with Crippen LogP contribution in [0.1, 0.15) is 33.1 Å². The van der Waals surface area contributed by atoms with Gasteiger partial charge >= 0.3 is 5.97 Å². The van der Waals surface area contributed by atoms with E-state index in [1.54, 1.807) is 30.9 Å². The molecule has 126 valence electrons. The molecule has 2 rings (SSSR count). The van der Waals surface area contributed by atoms with Crippen LogP contribution < -0.4 is 4.74 Å². The molecule has 3 atom stereocenters. The van der Waals surface area contributed by atoms with E-state index < -0.39 is 29.9 Å². The van der Waals surface area contributed by atoms with E-state index in [-0.39, 0.29) is 11.7 Å². The summed E-state index contributed by atoms with van der Waals surface area (Å²) in [6, 6.07) is 5.54. The van der Waals surface area contributed by atoms with Crippen molar-refractivity contribution in [1.29, 1.82) is 0 Å². The third-order valence-corrected chi connectivity index (χ3v) is 4.34. The molecule has 1 aromatic carbocycles. The number of nitrogens with zero attached hydrogens (tertiary/aromatic N) is 1. The number of carboxylic acids is 1. The van der Waals surface area contributed by atoms with Crippen LogP contribution in [0.4, 0.5) is 4.39 Å². The van der Waals surface area contributed by atoms with Gasteiger partial charge in [-0.05, 0) is 38.3 Å². The van der Waals surface area contributed by atoms with E-state index in [0.29, 0.717) is 25.8 Å². The number of benzene rings is 1. The summed E-state index contributed by atoms with van der Waals surface area (Å²) in [6.07, 6.45) is 0.768. The molecule has 0 radical (unpaired) electrons. The lowest BCUT2D eigenvalue weighted by Gasteiger charge is -2.39. The fourth-order valence-electron chi connectivity index (χ4n) is 2.97. The number of carbonyl (C=O) groups excluding carboxylic acids is 1. The molecular weight excluding hydrogens is 301 g/mol. The molecule has 1 amide bonds. The monoisotopic (exact) mass is 323 g/mol. The summed E-state index contributed by atoms with van der Waals surface area (Å²) in [7, 11) is 0. The molecule has 1 fully saturated rings. The standard InChI is InChI=1S/C17H22FNO4/c1-3-14(23-15-9-5-4-8-13(15)18)16(20)19-10-6-7-12(11(19)2)17(21)22/h4-5,8-9,11-12,14H,3,6-7,10H2,1-2H3,(H,21,22)/t11-,12-,14?/m0/s1. The number of rotatable bonds is 5. The quantitative estimate of drug-likeness (QED) is 0.905. The summed E-state index contributed by atoms with van der Waals surface area (Å²) in [5, 5.41) is 9.26. The van der Waals surface area contributed by atoms with Gasteiger partial charge in [-0.3, -0.25) is 9.59 Å². The number of carbonyl (C=O) groups is 2. The Kier molecular flexibility index (Phi) is 5.58.